The SMILES string of the molecule is OC(Cc1ccccc1)[C@H]1OC[C@](O)(Cc2ccccc2)[C@@]1(O)Cc1ccccc1. The summed E-state index contributed by atoms with van der Waals surface area (Å²) in [5.74, 6) is 0. The normalized spacial score (nSPS) is 27.1. The molecule has 0 radical (unpaired) electrons. The third-order valence-electron chi connectivity index (χ3n) is 6.07. The van der Waals surface area contributed by atoms with Gasteiger partial charge in [-0.2, -0.15) is 0 Å². The topological polar surface area (TPSA) is 69.9 Å². The Balaban J connectivity index is 1.65. The van der Waals surface area contributed by atoms with Crippen molar-refractivity contribution >= 4 is 0 Å². The van der Waals surface area contributed by atoms with Crippen LogP contribution >= 0.6 is 0 Å². The van der Waals surface area contributed by atoms with Crippen molar-refractivity contribution in [2.45, 2.75) is 42.7 Å². The molecule has 1 aliphatic heterocycles. The summed E-state index contributed by atoms with van der Waals surface area (Å²) in [6.07, 6.45) is -1.10. The largest absolute Gasteiger partial charge is 0.390 e. The van der Waals surface area contributed by atoms with Crippen molar-refractivity contribution in [3.8, 4) is 0 Å². The smallest absolute Gasteiger partial charge is 0.128 e. The monoisotopic (exact) mass is 404 g/mol. The van der Waals surface area contributed by atoms with Gasteiger partial charge in [-0.05, 0) is 16.7 Å². The second-order valence-corrected chi connectivity index (χ2v) is 8.27. The molecule has 30 heavy (non-hydrogen) atoms. The van der Waals surface area contributed by atoms with Gasteiger partial charge in [0.2, 0.25) is 0 Å². The molecule has 0 spiro atoms. The van der Waals surface area contributed by atoms with Gasteiger partial charge in [0, 0.05) is 19.3 Å². The quantitative estimate of drug-likeness (QED) is 0.566. The summed E-state index contributed by atoms with van der Waals surface area (Å²) < 4.78 is 5.91. The molecule has 156 valence electrons. The number of hydrogen-bond donors (Lipinski definition) is 3. The van der Waals surface area contributed by atoms with E-state index >= 15 is 0 Å². The fraction of sp³-hybridized carbons (Fsp3) is 0.308. The molecule has 0 aromatic heterocycles. The molecule has 4 nitrogen and oxygen atoms in total. The molecule has 4 atom stereocenters. The van der Waals surface area contributed by atoms with Gasteiger partial charge < -0.3 is 20.1 Å². The molecule has 1 unspecified atom stereocenters. The van der Waals surface area contributed by atoms with Crippen molar-refractivity contribution in [3.05, 3.63) is 108 Å². The molecule has 1 heterocycles. The van der Waals surface area contributed by atoms with E-state index in [0.29, 0.717) is 6.42 Å². The van der Waals surface area contributed by atoms with Crippen LogP contribution < -0.4 is 0 Å². The fourth-order valence-electron chi connectivity index (χ4n) is 4.46. The summed E-state index contributed by atoms with van der Waals surface area (Å²) in [7, 11) is 0. The maximum atomic E-state index is 11.9. The Morgan fingerprint density at radius 2 is 1.20 bits per heavy atom. The zero-order valence-corrected chi connectivity index (χ0v) is 16.9. The van der Waals surface area contributed by atoms with Crippen LogP contribution in [0.15, 0.2) is 91.0 Å². The van der Waals surface area contributed by atoms with E-state index in [9.17, 15) is 15.3 Å². The molecular weight excluding hydrogens is 376 g/mol. The highest BCUT2D eigenvalue weighted by atomic mass is 16.6. The van der Waals surface area contributed by atoms with Crippen LogP contribution in [-0.4, -0.2) is 45.3 Å². The lowest BCUT2D eigenvalue weighted by molar-refractivity contribution is -0.153. The molecule has 3 N–H and O–H groups in total. The first-order chi connectivity index (χ1) is 14.5. The van der Waals surface area contributed by atoms with Gasteiger partial charge in [0.05, 0.1) is 12.7 Å². The van der Waals surface area contributed by atoms with Crippen LogP contribution in [0.5, 0.6) is 0 Å². The minimum absolute atomic E-state index is 0.0399. The fourth-order valence-corrected chi connectivity index (χ4v) is 4.46. The number of hydrogen-bond acceptors (Lipinski definition) is 4. The van der Waals surface area contributed by atoms with Crippen molar-refractivity contribution < 1.29 is 20.1 Å². The third-order valence-corrected chi connectivity index (χ3v) is 6.07. The summed E-state index contributed by atoms with van der Waals surface area (Å²) >= 11 is 0. The second kappa shape index (κ2) is 8.70. The molecule has 0 amide bonds. The van der Waals surface area contributed by atoms with Crippen molar-refractivity contribution in [2.24, 2.45) is 0 Å². The Labute approximate surface area is 177 Å². The number of benzene rings is 3. The van der Waals surface area contributed by atoms with E-state index in [0.717, 1.165) is 16.7 Å². The molecule has 1 fully saturated rings. The molecule has 4 rings (SSSR count). The highest BCUT2D eigenvalue weighted by molar-refractivity contribution is 5.27. The lowest BCUT2D eigenvalue weighted by Gasteiger charge is -2.41. The van der Waals surface area contributed by atoms with Gasteiger partial charge in [0.15, 0.2) is 0 Å². The molecule has 0 aliphatic carbocycles. The third kappa shape index (κ3) is 4.18. The van der Waals surface area contributed by atoms with Crippen LogP contribution in [-0.2, 0) is 24.0 Å². The lowest BCUT2D eigenvalue weighted by Crippen LogP contribution is -2.62. The van der Waals surface area contributed by atoms with Gasteiger partial charge in [0.1, 0.15) is 17.3 Å². The number of ether oxygens (including phenoxy) is 1. The van der Waals surface area contributed by atoms with Crippen molar-refractivity contribution in [2.75, 3.05) is 6.61 Å². The van der Waals surface area contributed by atoms with Crippen LogP contribution in [0, 0.1) is 0 Å². The minimum Gasteiger partial charge on any atom is -0.390 e. The molecule has 1 aliphatic rings. The first kappa shape index (κ1) is 20.8. The first-order valence-electron chi connectivity index (χ1n) is 10.4. The van der Waals surface area contributed by atoms with E-state index in [4.69, 9.17) is 4.74 Å². The van der Waals surface area contributed by atoms with Crippen LogP contribution in [0.3, 0.4) is 0 Å². The number of aliphatic hydroxyl groups is 3. The lowest BCUT2D eigenvalue weighted by atomic mass is 9.72. The van der Waals surface area contributed by atoms with E-state index in [-0.39, 0.29) is 19.4 Å². The maximum Gasteiger partial charge on any atom is 0.128 e. The maximum absolute atomic E-state index is 11.9. The second-order valence-electron chi connectivity index (χ2n) is 8.27. The molecule has 0 bridgehead atoms. The van der Waals surface area contributed by atoms with Gasteiger partial charge in [0.25, 0.3) is 0 Å². The van der Waals surface area contributed by atoms with E-state index in [1.165, 1.54) is 0 Å². The zero-order chi connectivity index (χ0) is 21.0. The van der Waals surface area contributed by atoms with Crippen molar-refractivity contribution in [1.82, 2.24) is 0 Å². The predicted octanol–water partition coefficient (Wildman–Crippen LogP) is 2.94. The van der Waals surface area contributed by atoms with E-state index < -0.39 is 23.4 Å². The number of aliphatic hydroxyl groups excluding tert-OH is 1. The van der Waals surface area contributed by atoms with Gasteiger partial charge in [-0.1, -0.05) is 91.0 Å². The molecule has 4 heteroatoms. The first-order valence-corrected chi connectivity index (χ1v) is 10.4. The average Bonchev–Trinajstić information content (AvgIpc) is 3.00. The molecular formula is C26H28O4. The summed E-state index contributed by atoms with van der Waals surface area (Å²) in [5, 5.41) is 34.5. The van der Waals surface area contributed by atoms with E-state index in [1.807, 2.05) is 91.0 Å². The minimum atomic E-state index is -1.64. The Kier molecular flexibility index (Phi) is 6.02. The zero-order valence-electron chi connectivity index (χ0n) is 16.9. The van der Waals surface area contributed by atoms with Crippen molar-refractivity contribution in [1.29, 1.82) is 0 Å². The summed E-state index contributed by atoms with van der Waals surface area (Å²) in [4.78, 5) is 0. The summed E-state index contributed by atoms with van der Waals surface area (Å²) in [5.41, 5.74) is -0.415. The van der Waals surface area contributed by atoms with Crippen molar-refractivity contribution in [3.63, 3.8) is 0 Å². The highest BCUT2D eigenvalue weighted by Crippen LogP contribution is 2.42. The molecule has 0 saturated carbocycles. The average molecular weight is 405 g/mol. The standard InChI is InChI=1S/C26H28O4/c27-23(16-20-10-4-1-5-11-20)24-26(29,18-22-14-8-3-9-15-22)25(28,19-30-24)17-21-12-6-2-7-13-21/h1-15,23-24,27-29H,16-19H2/t23?,24-,25-,26-/m1/s1. The Morgan fingerprint density at radius 3 is 1.73 bits per heavy atom. The van der Waals surface area contributed by atoms with E-state index in [2.05, 4.69) is 0 Å². The Morgan fingerprint density at radius 1 is 0.733 bits per heavy atom. The Bertz CT molecular complexity index is 931. The Hall–Kier alpha value is -2.50. The van der Waals surface area contributed by atoms with E-state index in [1.54, 1.807) is 0 Å². The van der Waals surface area contributed by atoms with Crippen LogP contribution in [0.25, 0.3) is 0 Å². The predicted molar refractivity (Wildman–Crippen MR) is 116 cm³/mol. The molecule has 3 aromatic carbocycles. The van der Waals surface area contributed by atoms with Gasteiger partial charge >= 0.3 is 0 Å². The van der Waals surface area contributed by atoms with Crippen LogP contribution in [0.2, 0.25) is 0 Å². The highest BCUT2D eigenvalue weighted by Gasteiger charge is 2.61. The molecule has 3 aromatic rings. The van der Waals surface area contributed by atoms with Gasteiger partial charge in [-0.25, -0.2) is 0 Å². The van der Waals surface area contributed by atoms with Crippen LogP contribution in [0.1, 0.15) is 16.7 Å². The van der Waals surface area contributed by atoms with Gasteiger partial charge in [-0.3, -0.25) is 0 Å². The van der Waals surface area contributed by atoms with Gasteiger partial charge in [-0.15, -0.1) is 0 Å². The van der Waals surface area contributed by atoms with Crippen LogP contribution in [0.4, 0.5) is 0 Å². The number of rotatable bonds is 7. The summed E-state index contributed by atoms with van der Waals surface area (Å²) in [6.45, 7) is -0.0399. The molecule has 1 saturated heterocycles. The summed E-state index contributed by atoms with van der Waals surface area (Å²) in [6, 6.07) is 28.8.